The highest BCUT2D eigenvalue weighted by Crippen LogP contribution is 2.14. The SMILES string of the molecule is CCCCCC[N+](C)(CCCCCC)CCCCCC.[Br-]. The van der Waals surface area contributed by atoms with E-state index < -0.39 is 0 Å². The van der Waals surface area contributed by atoms with Crippen LogP contribution in [0.1, 0.15) is 97.8 Å². The van der Waals surface area contributed by atoms with Crippen LogP contribution in [0.4, 0.5) is 0 Å². The fourth-order valence-electron chi connectivity index (χ4n) is 3.10. The molecule has 0 radical (unpaired) electrons. The second kappa shape index (κ2) is 16.8. The van der Waals surface area contributed by atoms with Gasteiger partial charge >= 0.3 is 0 Å². The molecule has 0 fully saturated rings. The number of halogens is 1. The minimum Gasteiger partial charge on any atom is -1.00 e. The van der Waals surface area contributed by atoms with Crippen molar-refractivity contribution in [2.24, 2.45) is 0 Å². The lowest BCUT2D eigenvalue weighted by Gasteiger charge is -2.35. The molecule has 0 rings (SSSR count). The minimum absolute atomic E-state index is 0. The Labute approximate surface area is 146 Å². The summed E-state index contributed by atoms with van der Waals surface area (Å²) in [4.78, 5) is 0. The van der Waals surface area contributed by atoms with Gasteiger partial charge in [0.25, 0.3) is 0 Å². The quantitative estimate of drug-likeness (QED) is 0.309. The molecule has 2 heteroatoms. The van der Waals surface area contributed by atoms with Crippen molar-refractivity contribution in [3.63, 3.8) is 0 Å². The first kappa shape index (κ1) is 23.7. The predicted octanol–water partition coefficient (Wildman–Crippen LogP) is 3.18. The second-order valence-corrected chi connectivity index (χ2v) is 6.97. The second-order valence-electron chi connectivity index (χ2n) is 6.97. The van der Waals surface area contributed by atoms with Crippen LogP contribution in [0.2, 0.25) is 0 Å². The van der Waals surface area contributed by atoms with E-state index in [4.69, 9.17) is 0 Å². The maximum absolute atomic E-state index is 2.52. The van der Waals surface area contributed by atoms with Gasteiger partial charge in [0.05, 0.1) is 26.7 Å². The van der Waals surface area contributed by atoms with Crippen molar-refractivity contribution < 1.29 is 21.5 Å². The summed E-state index contributed by atoms with van der Waals surface area (Å²) < 4.78 is 1.34. The Balaban J connectivity index is 0. The van der Waals surface area contributed by atoms with Gasteiger partial charge in [-0.1, -0.05) is 59.3 Å². The van der Waals surface area contributed by atoms with Crippen LogP contribution in [0.15, 0.2) is 0 Å². The zero-order valence-electron chi connectivity index (χ0n) is 15.4. The summed E-state index contributed by atoms with van der Waals surface area (Å²) >= 11 is 0. The zero-order chi connectivity index (χ0) is 15.1. The van der Waals surface area contributed by atoms with E-state index in [1.54, 1.807) is 0 Å². The fourth-order valence-corrected chi connectivity index (χ4v) is 3.10. The van der Waals surface area contributed by atoms with Gasteiger partial charge in [-0.2, -0.15) is 0 Å². The molecule has 0 bridgehead atoms. The Morgan fingerprint density at radius 2 is 0.762 bits per heavy atom. The highest BCUT2D eigenvalue weighted by Gasteiger charge is 2.19. The first-order valence-corrected chi connectivity index (χ1v) is 9.52. The smallest absolute Gasteiger partial charge is 0.0784 e. The molecule has 0 aliphatic rings. The Kier molecular flexibility index (Phi) is 19.0. The Hall–Kier alpha value is 0.440. The molecule has 0 atom stereocenters. The largest absolute Gasteiger partial charge is 1.00 e. The third-order valence-corrected chi connectivity index (χ3v) is 4.65. The predicted molar refractivity (Wildman–Crippen MR) is 93.2 cm³/mol. The van der Waals surface area contributed by atoms with Crippen molar-refractivity contribution in [1.29, 1.82) is 0 Å². The maximum Gasteiger partial charge on any atom is 0.0784 e. The van der Waals surface area contributed by atoms with Crippen LogP contribution < -0.4 is 17.0 Å². The molecule has 0 N–H and O–H groups in total. The van der Waals surface area contributed by atoms with Crippen molar-refractivity contribution in [1.82, 2.24) is 0 Å². The Morgan fingerprint density at radius 1 is 0.476 bits per heavy atom. The van der Waals surface area contributed by atoms with Crippen molar-refractivity contribution >= 4 is 0 Å². The summed E-state index contributed by atoms with van der Waals surface area (Å²) in [5.74, 6) is 0. The topological polar surface area (TPSA) is 0 Å². The van der Waals surface area contributed by atoms with Gasteiger partial charge in [-0.3, -0.25) is 0 Å². The van der Waals surface area contributed by atoms with Crippen LogP contribution in [0.3, 0.4) is 0 Å². The summed E-state index contributed by atoms with van der Waals surface area (Å²) in [5.41, 5.74) is 0. The standard InChI is InChI=1S/C19H42N.BrH/c1-5-8-11-14-17-20(4,18-15-12-9-6-2)19-16-13-10-7-3;/h5-19H2,1-4H3;1H/q+1;/p-1. The summed E-state index contributed by atoms with van der Waals surface area (Å²) in [5, 5.41) is 0. The lowest BCUT2D eigenvalue weighted by Crippen LogP contribution is -3.00. The first-order chi connectivity index (χ1) is 9.68. The molecule has 0 aromatic carbocycles. The number of unbranched alkanes of at least 4 members (excludes halogenated alkanes) is 9. The molecule has 0 spiro atoms. The van der Waals surface area contributed by atoms with E-state index in [2.05, 4.69) is 27.8 Å². The molecule has 0 aliphatic carbocycles. The Morgan fingerprint density at radius 3 is 1.00 bits per heavy atom. The summed E-state index contributed by atoms with van der Waals surface area (Å²) in [6.45, 7) is 11.2. The zero-order valence-corrected chi connectivity index (χ0v) is 17.0. The molecule has 0 heterocycles. The lowest BCUT2D eigenvalue weighted by molar-refractivity contribution is -0.910. The molecular formula is C19H42BrN. The van der Waals surface area contributed by atoms with Gasteiger partial charge in [0.1, 0.15) is 0 Å². The van der Waals surface area contributed by atoms with Crippen LogP contribution in [-0.4, -0.2) is 31.2 Å². The monoisotopic (exact) mass is 363 g/mol. The summed E-state index contributed by atoms with van der Waals surface area (Å²) in [7, 11) is 2.52. The van der Waals surface area contributed by atoms with Crippen LogP contribution in [-0.2, 0) is 0 Å². The van der Waals surface area contributed by atoms with Crippen LogP contribution in [0, 0.1) is 0 Å². The molecule has 0 saturated carbocycles. The molecule has 1 nitrogen and oxygen atoms in total. The van der Waals surface area contributed by atoms with E-state index in [1.165, 1.54) is 101 Å². The van der Waals surface area contributed by atoms with Gasteiger partial charge in [0.15, 0.2) is 0 Å². The number of hydrogen-bond donors (Lipinski definition) is 0. The number of hydrogen-bond acceptors (Lipinski definition) is 0. The van der Waals surface area contributed by atoms with E-state index in [0.29, 0.717) is 0 Å². The normalized spacial score (nSPS) is 11.4. The van der Waals surface area contributed by atoms with Crippen LogP contribution in [0.5, 0.6) is 0 Å². The van der Waals surface area contributed by atoms with Crippen LogP contribution in [0.25, 0.3) is 0 Å². The third kappa shape index (κ3) is 15.1. The number of quaternary nitrogens is 1. The van der Waals surface area contributed by atoms with Gasteiger partial charge in [0.2, 0.25) is 0 Å². The van der Waals surface area contributed by atoms with E-state index in [-0.39, 0.29) is 17.0 Å². The van der Waals surface area contributed by atoms with Crippen molar-refractivity contribution in [3.8, 4) is 0 Å². The minimum atomic E-state index is 0. The molecule has 0 aromatic rings. The molecule has 0 amide bonds. The fraction of sp³-hybridized carbons (Fsp3) is 1.00. The maximum atomic E-state index is 2.52. The van der Waals surface area contributed by atoms with Gasteiger partial charge in [-0.05, 0) is 38.5 Å². The average molecular weight is 364 g/mol. The van der Waals surface area contributed by atoms with E-state index in [9.17, 15) is 0 Å². The van der Waals surface area contributed by atoms with Gasteiger partial charge in [0, 0.05) is 0 Å². The molecular weight excluding hydrogens is 322 g/mol. The van der Waals surface area contributed by atoms with Gasteiger partial charge < -0.3 is 21.5 Å². The van der Waals surface area contributed by atoms with Crippen molar-refractivity contribution in [3.05, 3.63) is 0 Å². The van der Waals surface area contributed by atoms with E-state index >= 15 is 0 Å². The Bertz CT molecular complexity index is 163. The van der Waals surface area contributed by atoms with Crippen LogP contribution >= 0.6 is 0 Å². The van der Waals surface area contributed by atoms with Crippen molar-refractivity contribution in [2.75, 3.05) is 26.7 Å². The van der Waals surface area contributed by atoms with Crippen molar-refractivity contribution in [2.45, 2.75) is 97.8 Å². The summed E-state index contributed by atoms with van der Waals surface area (Å²) in [6, 6.07) is 0. The molecule has 21 heavy (non-hydrogen) atoms. The molecule has 0 saturated heterocycles. The molecule has 0 aromatic heterocycles. The van der Waals surface area contributed by atoms with Gasteiger partial charge in [-0.25, -0.2) is 0 Å². The van der Waals surface area contributed by atoms with Gasteiger partial charge in [-0.15, -0.1) is 0 Å². The lowest BCUT2D eigenvalue weighted by atomic mass is 10.1. The average Bonchev–Trinajstić information content (AvgIpc) is 2.45. The van der Waals surface area contributed by atoms with E-state index in [0.717, 1.165) is 0 Å². The number of rotatable bonds is 15. The highest BCUT2D eigenvalue weighted by atomic mass is 79.9. The molecule has 130 valence electrons. The number of nitrogens with zero attached hydrogens (tertiary/aromatic N) is 1. The summed E-state index contributed by atoms with van der Waals surface area (Å²) in [6.07, 6.45) is 17.0. The van der Waals surface area contributed by atoms with E-state index in [1.807, 2.05) is 0 Å². The first-order valence-electron chi connectivity index (χ1n) is 9.52. The molecule has 0 unspecified atom stereocenters. The third-order valence-electron chi connectivity index (χ3n) is 4.65. The highest BCUT2D eigenvalue weighted by molar-refractivity contribution is 4.48. The molecule has 0 aliphatic heterocycles.